The van der Waals surface area contributed by atoms with Gasteiger partial charge in [0.1, 0.15) is 11.4 Å². The van der Waals surface area contributed by atoms with Crippen LogP contribution in [0, 0.1) is 0 Å². The maximum Gasteiger partial charge on any atom is 0.163 e. The Balaban J connectivity index is 2.33. The molecule has 202 valence electrons. The minimum absolute atomic E-state index is 0.153. The van der Waals surface area contributed by atoms with Gasteiger partial charge in [0.05, 0.1) is 20.3 Å². The fourth-order valence-corrected chi connectivity index (χ4v) is 4.64. The van der Waals surface area contributed by atoms with E-state index in [2.05, 4.69) is 33.1 Å². The van der Waals surface area contributed by atoms with Gasteiger partial charge in [-0.25, -0.2) is 0 Å². The second-order valence-corrected chi connectivity index (χ2v) is 9.60. The summed E-state index contributed by atoms with van der Waals surface area (Å²) in [6.45, 7) is 12.3. The Morgan fingerprint density at radius 2 is 1.62 bits per heavy atom. The predicted octanol–water partition coefficient (Wildman–Crippen LogP) is 8.55. The molecule has 0 aromatic heterocycles. The Hall–Kier alpha value is -2.98. The van der Waals surface area contributed by atoms with Crippen molar-refractivity contribution in [2.24, 2.45) is 0 Å². The van der Waals surface area contributed by atoms with Crippen molar-refractivity contribution in [3.05, 3.63) is 96.4 Å². The van der Waals surface area contributed by atoms with Gasteiger partial charge in [-0.2, -0.15) is 0 Å². The van der Waals surface area contributed by atoms with E-state index in [0.29, 0.717) is 6.42 Å². The van der Waals surface area contributed by atoms with Crippen molar-refractivity contribution in [1.29, 1.82) is 0 Å². The molecule has 2 rings (SSSR count). The van der Waals surface area contributed by atoms with E-state index in [0.717, 1.165) is 46.8 Å². The van der Waals surface area contributed by atoms with Crippen LogP contribution in [-0.4, -0.2) is 27.4 Å². The van der Waals surface area contributed by atoms with E-state index in [-0.39, 0.29) is 6.10 Å². The number of allylic oxidation sites excluding steroid dienone is 8. The third-order valence-electron chi connectivity index (χ3n) is 6.81. The molecule has 0 saturated carbocycles. The van der Waals surface area contributed by atoms with Gasteiger partial charge in [0.15, 0.2) is 11.5 Å². The Morgan fingerprint density at radius 1 is 0.946 bits per heavy atom. The summed E-state index contributed by atoms with van der Waals surface area (Å²) in [6.07, 6.45) is 24.2. The van der Waals surface area contributed by atoms with Crippen LogP contribution >= 0.6 is 0 Å². The van der Waals surface area contributed by atoms with Crippen LogP contribution in [0.1, 0.15) is 69.9 Å². The number of hydrogen-bond acceptors (Lipinski definition) is 4. The van der Waals surface area contributed by atoms with Crippen molar-refractivity contribution in [2.75, 3.05) is 21.3 Å². The molecule has 1 aliphatic heterocycles. The minimum atomic E-state index is -0.612. The monoisotopic (exact) mass is 506 g/mol. The van der Waals surface area contributed by atoms with Crippen LogP contribution in [-0.2, 0) is 21.5 Å². The van der Waals surface area contributed by atoms with E-state index in [4.69, 9.17) is 18.9 Å². The highest BCUT2D eigenvalue weighted by atomic mass is 16.5. The largest absolute Gasteiger partial charge is 0.493 e. The third-order valence-corrected chi connectivity index (χ3v) is 6.81. The minimum Gasteiger partial charge on any atom is -0.493 e. The van der Waals surface area contributed by atoms with Crippen molar-refractivity contribution in [3.8, 4) is 11.5 Å². The lowest BCUT2D eigenvalue weighted by atomic mass is 9.83. The lowest BCUT2D eigenvalue weighted by Gasteiger charge is -2.41. The summed E-state index contributed by atoms with van der Waals surface area (Å²) in [6, 6.07) is 4.25. The summed E-state index contributed by atoms with van der Waals surface area (Å²) in [5.41, 5.74) is 2.43. The molecule has 4 heteroatoms. The second kappa shape index (κ2) is 16.0. The van der Waals surface area contributed by atoms with Gasteiger partial charge >= 0.3 is 0 Å². The number of benzene rings is 1. The maximum atomic E-state index is 6.63. The van der Waals surface area contributed by atoms with Crippen molar-refractivity contribution < 1.29 is 18.9 Å². The average Bonchev–Trinajstić information content (AvgIpc) is 2.91. The summed E-state index contributed by atoms with van der Waals surface area (Å²) in [4.78, 5) is 0. The Morgan fingerprint density at radius 3 is 2.27 bits per heavy atom. The van der Waals surface area contributed by atoms with Gasteiger partial charge in [-0.1, -0.05) is 94.7 Å². The fourth-order valence-electron chi connectivity index (χ4n) is 4.64. The number of methoxy groups -OCH3 is 3. The van der Waals surface area contributed by atoms with Crippen LogP contribution in [0.4, 0.5) is 0 Å². The Labute approximate surface area is 225 Å². The van der Waals surface area contributed by atoms with E-state index < -0.39 is 5.60 Å². The van der Waals surface area contributed by atoms with E-state index in [1.165, 1.54) is 32.1 Å². The van der Waals surface area contributed by atoms with Crippen molar-refractivity contribution in [2.45, 2.75) is 76.9 Å². The Kier molecular flexibility index (Phi) is 13.1. The maximum absolute atomic E-state index is 6.63. The lowest BCUT2D eigenvalue weighted by molar-refractivity contribution is -0.0561. The predicted molar refractivity (Wildman–Crippen MR) is 155 cm³/mol. The van der Waals surface area contributed by atoms with Gasteiger partial charge in [0, 0.05) is 19.1 Å². The highest BCUT2D eigenvalue weighted by Crippen LogP contribution is 2.45. The quantitative estimate of drug-likeness (QED) is 0.176. The van der Waals surface area contributed by atoms with Crippen molar-refractivity contribution in [1.82, 2.24) is 0 Å². The summed E-state index contributed by atoms with van der Waals surface area (Å²) < 4.78 is 24.0. The van der Waals surface area contributed by atoms with E-state index in [1.807, 2.05) is 48.6 Å². The molecule has 2 atom stereocenters. The molecule has 0 N–H and O–H groups in total. The Bertz CT molecular complexity index is 998. The number of hydrogen-bond donors (Lipinski definition) is 0. The van der Waals surface area contributed by atoms with Crippen LogP contribution in [0.15, 0.2) is 85.2 Å². The van der Waals surface area contributed by atoms with Crippen molar-refractivity contribution >= 4 is 0 Å². The van der Waals surface area contributed by atoms with Gasteiger partial charge in [-0.15, -0.1) is 0 Å². The van der Waals surface area contributed by atoms with E-state index >= 15 is 0 Å². The number of unbranched alkanes of at least 4 members (excludes halogenated alkanes) is 5. The third kappa shape index (κ3) is 8.82. The van der Waals surface area contributed by atoms with Gasteiger partial charge in [-0.05, 0) is 49.1 Å². The summed E-state index contributed by atoms with van der Waals surface area (Å²) >= 11 is 0. The van der Waals surface area contributed by atoms with Gasteiger partial charge in [-0.3, -0.25) is 0 Å². The molecule has 1 aromatic rings. The molecule has 1 fully saturated rings. The zero-order chi connectivity index (χ0) is 27.1. The molecule has 1 heterocycles. The second-order valence-electron chi connectivity index (χ2n) is 9.60. The lowest BCUT2D eigenvalue weighted by Crippen LogP contribution is -2.38. The first-order valence-corrected chi connectivity index (χ1v) is 13.4. The topological polar surface area (TPSA) is 36.9 Å². The average molecular weight is 507 g/mol. The van der Waals surface area contributed by atoms with Crippen LogP contribution in [0.5, 0.6) is 11.5 Å². The number of aryl methyl sites for hydroxylation is 1. The van der Waals surface area contributed by atoms with Crippen LogP contribution < -0.4 is 9.47 Å². The number of ether oxygens (including phenoxy) is 4. The van der Waals surface area contributed by atoms with Crippen LogP contribution in [0.3, 0.4) is 0 Å². The molecule has 1 aromatic carbocycles. The fraction of sp³-hybridized carbons (Fsp3) is 0.455. The molecule has 0 bridgehead atoms. The zero-order valence-corrected chi connectivity index (χ0v) is 23.6. The van der Waals surface area contributed by atoms with Gasteiger partial charge in [0.2, 0.25) is 0 Å². The van der Waals surface area contributed by atoms with Crippen molar-refractivity contribution in [3.63, 3.8) is 0 Å². The molecule has 1 saturated heterocycles. The molecular formula is C33H46O4. The molecule has 37 heavy (non-hydrogen) atoms. The smallest absolute Gasteiger partial charge is 0.163 e. The molecule has 0 amide bonds. The highest BCUT2D eigenvalue weighted by molar-refractivity contribution is 5.52. The standard InChI is InChI=1S/C33H46O4/c1-8-10-12-14-16-18-20-22-29-26(3)31(35-6)25-33(4,37-29)28-23-27(21-19-17-15-13-11-9-2)32(36-7)30(24-28)34-5/h8,10,12,14,16,18,20,22-24,31H,1,3,9,11,13,15,17,19,21,25H2,2,4-7H3/b12-10-,16-14-,20-18-,29-22+. The zero-order valence-electron chi connectivity index (χ0n) is 23.6. The highest BCUT2D eigenvalue weighted by Gasteiger charge is 2.41. The van der Waals surface area contributed by atoms with Gasteiger partial charge in [0.25, 0.3) is 0 Å². The first kappa shape index (κ1) is 30.2. The normalized spacial score (nSPS) is 21.3. The van der Waals surface area contributed by atoms with Crippen LogP contribution in [0.25, 0.3) is 0 Å². The van der Waals surface area contributed by atoms with E-state index in [9.17, 15) is 0 Å². The molecule has 0 aliphatic carbocycles. The SMILES string of the molecule is C=C\C=C/C=C\C=C/C=C1/OC(C)(c2cc(CCCCCCCC)c(OC)c(OC)c2)CC(OC)C1=C. The molecule has 2 unspecified atom stereocenters. The number of rotatable bonds is 15. The molecular weight excluding hydrogens is 460 g/mol. The van der Waals surface area contributed by atoms with Crippen LogP contribution in [0.2, 0.25) is 0 Å². The molecule has 0 spiro atoms. The summed E-state index contributed by atoms with van der Waals surface area (Å²) in [5.74, 6) is 2.26. The summed E-state index contributed by atoms with van der Waals surface area (Å²) in [5, 5.41) is 0. The molecule has 1 aliphatic rings. The van der Waals surface area contributed by atoms with E-state index in [1.54, 1.807) is 27.4 Å². The first-order valence-electron chi connectivity index (χ1n) is 13.4. The first-order chi connectivity index (χ1) is 17.9. The summed E-state index contributed by atoms with van der Waals surface area (Å²) in [7, 11) is 5.12. The molecule has 0 radical (unpaired) electrons. The molecule has 4 nitrogen and oxygen atoms in total. The van der Waals surface area contributed by atoms with Gasteiger partial charge < -0.3 is 18.9 Å².